The highest BCUT2D eigenvalue weighted by Crippen LogP contribution is 2.11. The number of nitrogens with one attached hydrogen (secondary N) is 1. The minimum absolute atomic E-state index is 0.752. The van der Waals surface area contributed by atoms with E-state index in [4.69, 9.17) is 0 Å². The monoisotopic (exact) mass is 187 g/mol. The normalized spacial score (nSPS) is 27.2. The van der Waals surface area contributed by atoms with Crippen LogP contribution in [0.25, 0.3) is 0 Å². The fraction of sp³-hybridized carbons (Fsp3) is 1.00. The summed E-state index contributed by atoms with van der Waals surface area (Å²) in [6.07, 6.45) is 5.56. The lowest BCUT2D eigenvalue weighted by Crippen LogP contribution is -2.32. The third-order valence-electron chi connectivity index (χ3n) is 2.09. The Morgan fingerprint density at radius 3 is 1.38 bits per heavy atom. The first-order valence-corrected chi connectivity index (χ1v) is 6.05. The van der Waals surface area contributed by atoms with Crippen LogP contribution in [0.5, 0.6) is 0 Å². The van der Waals surface area contributed by atoms with Gasteiger partial charge in [0.25, 0.3) is 0 Å². The maximum Gasteiger partial charge on any atom is 0.00412 e. The summed E-state index contributed by atoms with van der Waals surface area (Å²) in [7, 11) is 0. The Bertz CT molecular complexity index is 71.2. The molecular formula is C12H29N. The van der Waals surface area contributed by atoms with E-state index in [1.54, 1.807) is 0 Å². The predicted octanol–water partition coefficient (Wildman–Crippen LogP) is 3.98. The highest BCUT2D eigenvalue weighted by Gasteiger charge is 2.10. The lowest BCUT2D eigenvalue weighted by atomic mass is 10.1. The zero-order chi connectivity index (χ0) is 10.7. The van der Waals surface area contributed by atoms with Crippen LogP contribution in [0.2, 0.25) is 0 Å². The molecule has 13 heavy (non-hydrogen) atoms. The highest BCUT2D eigenvalue weighted by atomic mass is 14.9. The van der Waals surface area contributed by atoms with Crippen molar-refractivity contribution in [2.24, 2.45) is 0 Å². The molecule has 1 heteroatoms. The molecule has 0 spiro atoms. The van der Waals surface area contributed by atoms with Crippen molar-refractivity contribution in [2.75, 3.05) is 0 Å². The molecule has 2 unspecified atom stereocenters. The van der Waals surface area contributed by atoms with Gasteiger partial charge in [-0.2, -0.15) is 0 Å². The van der Waals surface area contributed by atoms with Crippen LogP contribution in [0, 0.1) is 0 Å². The van der Waals surface area contributed by atoms with Gasteiger partial charge in [-0.15, -0.1) is 0 Å². The molecule has 1 aliphatic rings. The van der Waals surface area contributed by atoms with Crippen LogP contribution in [0.4, 0.5) is 0 Å². The van der Waals surface area contributed by atoms with Gasteiger partial charge in [-0.05, 0) is 26.7 Å². The van der Waals surface area contributed by atoms with E-state index in [2.05, 4.69) is 19.2 Å². The first-order chi connectivity index (χ1) is 6.29. The van der Waals surface area contributed by atoms with E-state index in [9.17, 15) is 0 Å². The number of hydrogen-bond donors (Lipinski definition) is 1. The second kappa shape index (κ2) is 12.0. The predicted molar refractivity (Wildman–Crippen MR) is 63.2 cm³/mol. The number of rotatable bonds is 0. The standard InChI is InChI=1S/C8H17N.2C2H6/c1-7-5-3-4-6-8(2)9-7;2*1-2/h7-9H,3-6H2,1-2H3;2*1-2H3. The molecule has 1 fully saturated rings. The molecule has 0 aromatic heterocycles. The zero-order valence-corrected chi connectivity index (χ0v) is 10.5. The van der Waals surface area contributed by atoms with Crippen LogP contribution in [0.15, 0.2) is 0 Å². The van der Waals surface area contributed by atoms with Gasteiger partial charge in [-0.1, -0.05) is 40.5 Å². The van der Waals surface area contributed by atoms with Gasteiger partial charge in [-0.25, -0.2) is 0 Å². The van der Waals surface area contributed by atoms with Gasteiger partial charge in [0.15, 0.2) is 0 Å². The molecule has 0 aliphatic carbocycles. The molecule has 1 nitrogen and oxygen atoms in total. The first-order valence-electron chi connectivity index (χ1n) is 6.05. The molecule has 0 aromatic rings. The molecule has 1 aliphatic heterocycles. The average Bonchev–Trinajstić information content (AvgIpc) is 2.36. The van der Waals surface area contributed by atoms with Gasteiger partial charge in [0.2, 0.25) is 0 Å². The summed E-state index contributed by atoms with van der Waals surface area (Å²) in [5.41, 5.74) is 0. The molecule has 2 atom stereocenters. The van der Waals surface area contributed by atoms with E-state index < -0.39 is 0 Å². The van der Waals surface area contributed by atoms with Crippen LogP contribution < -0.4 is 5.32 Å². The quantitative estimate of drug-likeness (QED) is 0.605. The lowest BCUT2D eigenvalue weighted by molar-refractivity contribution is 0.475. The Labute approximate surface area is 85.3 Å². The molecule has 1 saturated heterocycles. The lowest BCUT2D eigenvalue weighted by Gasteiger charge is -2.13. The van der Waals surface area contributed by atoms with Crippen LogP contribution >= 0.6 is 0 Å². The summed E-state index contributed by atoms with van der Waals surface area (Å²) in [4.78, 5) is 0. The van der Waals surface area contributed by atoms with Gasteiger partial charge in [0, 0.05) is 12.1 Å². The largest absolute Gasteiger partial charge is 0.312 e. The molecule has 82 valence electrons. The van der Waals surface area contributed by atoms with E-state index in [0.717, 1.165) is 12.1 Å². The highest BCUT2D eigenvalue weighted by molar-refractivity contribution is 4.71. The van der Waals surface area contributed by atoms with Crippen LogP contribution in [0.3, 0.4) is 0 Å². The summed E-state index contributed by atoms with van der Waals surface area (Å²) in [5.74, 6) is 0. The SMILES string of the molecule is CC.CC.CC1CCCCC(C)N1. The van der Waals surface area contributed by atoms with E-state index in [1.807, 2.05) is 27.7 Å². The summed E-state index contributed by atoms with van der Waals surface area (Å²) < 4.78 is 0. The van der Waals surface area contributed by atoms with Crippen molar-refractivity contribution in [3.63, 3.8) is 0 Å². The Hall–Kier alpha value is -0.0400. The Balaban J connectivity index is 0. The first kappa shape index (κ1) is 15.4. The smallest absolute Gasteiger partial charge is 0.00412 e. The Kier molecular flexibility index (Phi) is 14.2. The average molecular weight is 187 g/mol. The summed E-state index contributed by atoms with van der Waals surface area (Å²) in [6.45, 7) is 12.6. The van der Waals surface area contributed by atoms with Crippen molar-refractivity contribution in [2.45, 2.75) is 79.3 Å². The molecule has 0 bridgehead atoms. The van der Waals surface area contributed by atoms with E-state index in [-0.39, 0.29) is 0 Å². The molecule has 1 N–H and O–H groups in total. The zero-order valence-electron chi connectivity index (χ0n) is 10.5. The van der Waals surface area contributed by atoms with Crippen molar-refractivity contribution in [1.82, 2.24) is 5.32 Å². The van der Waals surface area contributed by atoms with Gasteiger partial charge < -0.3 is 5.32 Å². The maximum atomic E-state index is 3.54. The van der Waals surface area contributed by atoms with E-state index in [0.29, 0.717) is 0 Å². The second-order valence-corrected chi connectivity index (χ2v) is 3.25. The van der Waals surface area contributed by atoms with Gasteiger partial charge in [0.1, 0.15) is 0 Å². The minimum Gasteiger partial charge on any atom is -0.312 e. The van der Waals surface area contributed by atoms with Crippen LogP contribution in [-0.4, -0.2) is 12.1 Å². The minimum atomic E-state index is 0.752. The number of hydrogen-bond acceptors (Lipinski definition) is 1. The molecule has 1 heterocycles. The van der Waals surface area contributed by atoms with Crippen LogP contribution in [-0.2, 0) is 0 Å². The van der Waals surface area contributed by atoms with Gasteiger partial charge in [0.05, 0.1) is 0 Å². The van der Waals surface area contributed by atoms with Crippen molar-refractivity contribution in [3.8, 4) is 0 Å². The maximum absolute atomic E-state index is 3.54. The van der Waals surface area contributed by atoms with Gasteiger partial charge in [-0.3, -0.25) is 0 Å². The van der Waals surface area contributed by atoms with Crippen molar-refractivity contribution in [1.29, 1.82) is 0 Å². The summed E-state index contributed by atoms with van der Waals surface area (Å²) in [5, 5.41) is 3.54. The fourth-order valence-corrected chi connectivity index (χ4v) is 1.55. The van der Waals surface area contributed by atoms with Crippen molar-refractivity contribution >= 4 is 0 Å². The Morgan fingerprint density at radius 1 is 0.769 bits per heavy atom. The third-order valence-corrected chi connectivity index (χ3v) is 2.09. The van der Waals surface area contributed by atoms with E-state index >= 15 is 0 Å². The van der Waals surface area contributed by atoms with E-state index in [1.165, 1.54) is 25.7 Å². The molecule has 0 amide bonds. The molecule has 0 saturated carbocycles. The van der Waals surface area contributed by atoms with Crippen molar-refractivity contribution in [3.05, 3.63) is 0 Å². The third kappa shape index (κ3) is 9.88. The Morgan fingerprint density at radius 2 is 1.08 bits per heavy atom. The summed E-state index contributed by atoms with van der Waals surface area (Å²) in [6, 6.07) is 1.50. The van der Waals surface area contributed by atoms with Crippen LogP contribution in [0.1, 0.15) is 67.2 Å². The fourth-order valence-electron chi connectivity index (χ4n) is 1.55. The second-order valence-electron chi connectivity index (χ2n) is 3.25. The topological polar surface area (TPSA) is 12.0 Å². The molecule has 0 aromatic carbocycles. The molecular weight excluding hydrogens is 158 g/mol. The molecule has 1 rings (SSSR count). The molecule has 0 radical (unpaired) electrons. The van der Waals surface area contributed by atoms with Crippen molar-refractivity contribution < 1.29 is 0 Å². The van der Waals surface area contributed by atoms with Gasteiger partial charge >= 0.3 is 0 Å². The summed E-state index contributed by atoms with van der Waals surface area (Å²) >= 11 is 0.